The molecule has 0 unspecified atom stereocenters. The quantitative estimate of drug-likeness (QED) is 0.580. The van der Waals surface area contributed by atoms with Gasteiger partial charge in [0.25, 0.3) is 5.89 Å². The van der Waals surface area contributed by atoms with Crippen molar-refractivity contribution in [3.05, 3.63) is 42.5 Å². The van der Waals surface area contributed by atoms with Crippen LogP contribution >= 0.6 is 0 Å². The van der Waals surface area contributed by atoms with Crippen LogP contribution in [-0.2, 0) is 5.54 Å². The molecule has 8 heteroatoms. The first-order chi connectivity index (χ1) is 13.0. The van der Waals surface area contributed by atoms with E-state index in [2.05, 4.69) is 20.5 Å². The lowest BCUT2D eigenvalue weighted by molar-refractivity contribution is 0.154. The maximum absolute atomic E-state index is 9.58. The van der Waals surface area contributed by atoms with Crippen molar-refractivity contribution in [3.63, 3.8) is 0 Å². The van der Waals surface area contributed by atoms with Gasteiger partial charge in [0.15, 0.2) is 0 Å². The van der Waals surface area contributed by atoms with Crippen molar-refractivity contribution in [3.8, 4) is 28.6 Å². The van der Waals surface area contributed by atoms with E-state index < -0.39 is 5.54 Å². The highest BCUT2D eigenvalue weighted by Gasteiger charge is 2.23. The van der Waals surface area contributed by atoms with Crippen molar-refractivity contribution in [2.75, 3.05) is 13.7 Å². The van der Waals surface area contributed by atoms with Crippen LogP contribution in [0.15, 0.2) is 47.0 Å². The molecule has 0 fully saturated rings. The topological polar surface area (TPSA) is 99.1 Å². The summed E-state index contributed by atoms with van der Waals surface area (Å²) in [5, 5.41) is 22.0. The molecule has 0 aliphatic carbocycles. The fourth-order valence-electron chi connectivity index (χ4n) is 2.85. The van der Waals surface area contributed by atoms with Gasteiger partial charge in [0.1, 0.15) is 11.3 Å². The average Bonchev–Trinajstić information content (AvgIpc) is 3.35. The van der Waals surface area contributed by atoms with E-state index in [1.165, 1.54) is 0 Å². The van der Waals surface area contributed by atoms with Gasteiger partial charge < -0.3 is 14.4 Å². The predicted octanol–water partition coefficient (Wildman–Crippen LogP) is 2.88. The minimum Gasteiger partial charge on any atom is -0.496 e. The molecule has 8 nitrogen and oxygen atoms in total. The highest BCUT2D eigenvalue weighted by molar-refractivity contribution is 5.80. The van der Waals surface area contributed by atoms with Gasteiger partial charge in [-0.2, -0.15) is 4.98 Å². The molecule has 0 amide bonds. The van der Waals surface area contributed by atoms with Gasteiger partial charge in [0.2, 0.25) is 5.82 Å². The van der Waals surface area contributed by atoms with E-state index in [1.807, 2.05) is 56.3 Å². The molecular weight excluding hydrogens is 346 g/mol. The number of methoxy groups -OCH3 is 1. The molecule has 0 bridgehead atoms. The highest BCUT2D eigenvalue weighted by Crippen LogP contribution is 2.30. The van der Waals surface area contributed by atoms with Crippen LogP contribution in [0.1, 0.15) is 13.8 Å². The van der Waals surface area contributed by atoms with Gasteiger partial charge in [0.05, 0.1) is 30.3 Å². The second kappa shape index (κ2) is 6.48. The Balaban J connectivity index is 1.73. The third-order valence-electron chi connectivity index (χ3n) is 4.43. The van der Waals surface area contributed by atoms with Crippen molar-refractivity contribution in [1.82, 2.24) is 25.1 Å². The van der Waals surface area contributed by atoms with Crippen LogP contribution in [0.3, 0.4) is 0 Å². The van der Waals surface area contributed by atoms with Crippen LogP contribution < -0.4 is 4.74 Å². The number of aromatic nitrogens is 5. The fourth-order valence-corrected chi connectivity index (χ4v) is 2.85. The van der Waals surface area contributed by atoms with Gasteiger partial charge in [-0.1, -0.05) is 22.5 Å². The summed E-state index contributed by atoms with van der Waals surface area (Å²) >= 11 is 0. The van der Waals surface area contributed by atoms with E-state index in [-0.39, 0.29) is 6.61 Å². The largest absolute Gasteiger partial charge is 0.496 e. The molecule has 2 aromatic heterocycles. The van der Waals surface area contributed by atoms with Gasteiger partial charge >= 0.3 is 0 Å². The molecule has 0 radical (unpaired) electrons. The Morgan fingerprint density at radius 3 is 2.78 bits per heavy atom. The SMILES string of the molecule is COc1ccccc1-c1nc(-c2ccc3c(c2)nnn3C(C)(C)CO)no1. The average molecular weight is 365 g/mol. The second-order valence-corrected chi connectivity index (χ2v) is 6.80. The summed E-state index contributed by atoms with van der Waals surface area (Å²) in [5.74, 6) is 1.50. The number of aliphatic hydroxyl groups is 1. The smallest absolute Gasteiger partial charge is 0.262 e. The Hall–Kier alpha value is -3.26. The number of nitrogens with zero attached hydrogens (tertiary/aromatic N) is 5. The second-order valence-electron chi connectivity index (χ2n) is 6.80. The fraction of sp³-hybridized carbons (Fsp3) is 0.263. The summed E-state index contributed by atoms with van der Waals surface area (Å²) in [4.78, 5) is 4.49. The van der Waals surface area contributed by atoms with Crippen molar-refractivity contribution in [2.24, 2.45) is 0 Å². The number of hydrogen-bond acceptors (Lipinski definition) is 7. The first-order valence-corrected chi connectivity index (χ1v) is 8.48. The molecule has 1 N–H and O–H groups in total. The molecule has 2 aromatic carbocycles. The standard InChI is InChI=1S/C19H19N5O3/c1-19(2,11-25)24-15-9-8-12(10-14(15)21-23-24)17-20-18(27-22-17)13-6-4-5-7-16(13)26-3/h4-10,25H,11H2,1-3H3. The van der Waals surface area contributed by atoms with Crippen molar-refractivity contribution in [2.45, 2.75) is 19.4 Å². The molecule has 0 saturated heterocycles. The van der Waals surface area contributed by atoms with Crippen LogP contribution in [0.25, 0.3) is 33.9 Å². The van der Waals surface area contributed by atoms with Gasteiger partial charge in [0, 0.05) is 5.56 Å². The minimum atomic E-state index is -0.542. The third kappa shape index (κ3) is 2.93. The van der Waals surface area contributed by atoms with Crippen molar-refractivity contribution in [1.29, 1.82) is 0 Å². The third-order valence-corrected chi connectivity index (χ3v) is 4.43. The minimum absolute atomic E-state index is 0.0413. The van der Waals surface area contributed by atoms with E-state index >= 15 is 0 Å². The van der Waals surface area contributed by atoms with Crippen LogP contribution in [0.4, 0.5) is 0 Å². The van der Waals surface area contributed by atoms with Gasteiger partial charge in [-0.15, -0.1) is 5.10 Å². The molecule has 4 rings (SSSR count). The lowest BCUT2D eigenvalue weighted by Crippen LogP contribution is -2.31. The molecular formula is C19H19N5O3. The monoisotopic (exact) mass is 365 g/mol. The Morgan fingerprint density at radius 2 is 2.00 bits per heavy atom. The number of para-hydroxylation sites is 1. The maximum atomic E-state index is 9.58. The Morgan fingerprint density at radius 1 is 1.19 bits per heavy atom. The number of aliphatic hydroxyl groups excluding tert-OH is 1. The maximum Gasteiger partial charge on any atom is 0.262 e. The summed E-state index contributed by atoms with van der Waals surface area (Å²) in [6.07, 6.45) is 0. The van der Waals surface area contributed by atoms with E-state index in [9.17, 15) is 5.11 Å². The molecule has 0 saturated carbocycles. The first kappa shape index (κ1) is 17.2. The first-order valence-electron chi connectivity index (χ1n) is 8.48. The molecule has 0 aliphatic heterocycles. The molecule has 0 spiro atoms. The summed E-state index contributed by atoms with van der Waals surface area (Å²) in [5.41, 5.74) is 2.47. The number of fused-ring (bicyclic) bond motifs is 1. The van der Waals surface area contributed by atoms with Gasteiger partial charge in [-0.3, -0.25) is 0 Å². The summed E-state index contributed by atoms with van der Waals surface area (Å²) < 4.78 is 12.5. The molecule has 4 aromatic rings. The van der Waals surface area contributed by atoms with E-state index in [1.54, 1.807) is 11.8 Å². The zero-order chi connectivity index (χ0) is 19.0. The number of ether oxygens (including phenoxy) is 1. The summed E-state index contributed by atoms with van der Waals surface area (Å²) in [6.45, 7) is 3.75. The number of benzene rings is 2. The van der Waals surface area contributed by atoms with Gasteiger partial charge in [-0.25, -0.2) is 4.68 Å². The Bertz CT molecular complexity index is 1100. The Labute approximate surface area is 155 Å². The van der Waals surface area contributed by atoms with Crippen LogP contribution in [-0.4, -0.2) is 44.0 Å². The zero-order valence-electron chi connectivity index (χ0n) is 15.2. The van der Waals surface area contributed by atoms with E-state index in [4.69, 9.17) is 9.26 Å². The molecule has 2 heterocycles. The molecule has 27 heavy (non-hydrogen) atoms. The van der Waals surface area contributed by atoms with Crippen LogP contribution in [0.5, 0.6) is 5.75 Å². The molecule has 0 aliphatic rings. The van der Waals surface area contributed by atoms with Crippen LogP contribution in [0, 0.1) is 0 Å². The number of rotatable bonds is 5. The lowest BCUT2D eigenvalue weighted by atomic mass is 10.1. The predicted molar refractivity (Wildman–Crippen MR) is 99.2 cm³/mol. The Kier molecular flexibility index (Phi) is 4.12. The van der Waals surface area contributed by atoms with Crippen LogP contribution in [0.2, 0.25) is 0 Å². The highest BCUT2D eigenvalue weighted by atomic mass is 16.5. The van der Waals surface area contributed by atoms with Crippen molar-refractivity contribution >= 4 is 11.0 Å². The van der Waals surface area contributed by atoms with E-state index in [0.29, 0.717) is 23.0 Å². The summed E-state index contributed by atoms with van der Waals surface area (Å²) in [6, 6.07) is 13.1. The van der Waals surface area contributed by atoms with E-state index in [0.717, 1.165) is 16.6 Å². The lowest BCUT2D eigenvalue weighted by Gasteiger charge is -2.22. The normalized spacial score (nSPS) is 11.9. The van der Waals surface area contributed by atoms with Crippen molar-refractivity contribution < 1.29 is 14.4 Å². The zero-order valence-corrected chi connectivity index (χ0v) is 15.2. The molecule has 138 valence electrons. The molecule has 0 atom stereocenters. The van der Waals surface area contributed by atoms with Gasteiger partial charge in [-0.05, 0) is 44.2 Å². The number of hydrogen-bond donors (Lipinski definition) is 1. The summed E-state index contributed by atoms with van der Waals surface area (Å²) in [7, 11) is 1.60.